The summed E-state index contributed by atoms with van der Waals surface area (Å²) in [5, 5.41) is 10.9. The molecule has 3 heterocycles. The standard InChI is InChI=1S/C42H54BrN3O7/c1-9-12-21-32(48)44(8)28(7)36(29-19-14-13-15-20-29)52-41(51)33-34-39(49)46(31(24-47)25(4)11-3)38(42(34)23-30(43)37(33)53-42)40(50)45(22-10-2)35-26(5)17-16-18-27(35)6/h9-10,13-20,25,28,30-31,33-34,36-38,47H,1-2,11-12,21-24H2,3-8H3/t25-,28-,30?,31-,33-,34+,36+,37-,38-,42+/m0/s1. The zero-order valence-corrected chi connectivity index (χ0v) is 33.3. The van der Waals surface area contributed by atoms with Crippen molar-refractivity contribution >= 4 is 45.3 Å². The van der Waals surface area contributed by atoms with E-state index < -0.39 is 59.6 Å². The molecule has 1 spiro atoms. The highest BCUT2D eigenvalue weighted by Crippen LogP contribution is 2.61. The molecule has 3 aliphatic rings. The van der Waals surface area contributed by atoms with E-state index in [0.717, 1.165) is 16.8 Å². The van der Waals surface area contributed by atoms with Crippen LogP contribution in [0.5, 0.6) is 0 Å². The van der Waals surface area contributed by atoms with Gasteiger partial charge in [0.15, 0.2) is 0 Å². The zero-order chi connectivity index (χ0) is 38.8. The Balaban J connectivity index is 1.59. The summed E-state index contributed by atoms with van der Waals surface area (Å²) in [5.74, 6) is -3.77. The molecule has 2 bridgehead atoms. The Kier molecular flexibility index (Phi) is 12.7. The van der Waals surface area contributed by atoms with Crippen LogP contribution >= 0.6 is 15.9 Å². The lowest BCUT2D eigenvalue weighted by Gasteiger charge is -2.41. The van der Waals surface area contributed by atoms with Gasteiger partial charge in [0, 0.05) is 30.5 Å². The number of esters is 1. The summed E-state index contributed by atoms with van der Waals surface area (Å²) in [7, 11) is 1.69. The minimum atomic E-state index is -1.38. The zero-order valence-electron chi connectivity index (χ0n) is 31.7. The number of anilines is 1. The number of aliphatic hydroxyl groups is 1. The molecule has 3 aliphatic heterocycles. The Morgan fingerprint density at radius 1 is 1.09 bits per heavy atom. The Morgan fingerprint density at radius 3 is 2.34 bits per heavy atom. The lowest BCUT2D eigenvalue weighted by molar-refractivity contribution is -0.165. The van der Waals surface area contributed by atoms with Crippen molar-refractivity contribution in [3.63, 3.8) is 0 Å². The molecule has 3 fully saturated rings. The summed E-state index contributed by atoms with van der Waals surface area (Å²) in [6.45, 7) is 17.1. The van der Waals surface area contributed by atoms with Crippen molar-refractivity contribution in [2.45, 2.75) is 101 Å². The molecule has 5 rings (SSSR count). The molecule has 1 N–H and O–H groups in total. The van der Waals surface area contributed by atoms with Crippen molar-refractivity contribution in [3.8, 4) is 0 Å². The number of hydrogen-bond donors (Lipinski definition) is 1. The first-order chi connectivity index (χ1) is 25.3. The second-order valence-electron chi connectivity index (χ2n) is 14.9. The van der Waals surface area contributed by atoms with Gasteiger partial charge in [0.05, 0.1) is 36.6 Å². The van der Waals surface area contributed by atoms with Crippen LogP contribution in [0.1, 0.15) is 69.2 Å². The van der Waals surface area contributed by atoms with Crippen molar-refractivity contribution in [1.29, 1.82) is 0 Å². The monoisotopic (exact) mass is 791 g/mol. The van der Waals surface area contributed by atoms with Gasteiger partial charge in [0.2, 0.25) is 11.8 Å². The van der Waals surface area contributed by atoms with Gasteiger partial charge >= 0.3 is 5.97 Å². The summed E-state index contributed by atoms with van der Waals surface area (Å²) in [4.78, 5) is 62.5. The number of carbonyl (C=O) groups is 4. The maximum absolute atomic E-state index is 15.2. The van der Waals surface area contributed by atoms with Crippen LogP contribution in [0.25, 0.3) is 0 Å². The number of para-hydroxylation sites is 1. The molecule has 2 aromatic carbocycles. The third-order valence-electron chi connectivity index (χ3n) is 11.7. The number of rotatable bonds is 16. The number of ether oxygens (including phenoxy) is 2. The van der Waals surface area contributed by atoms with Crippen LogP contribution in [0.4, 0.5) is 5.69 Å². The first kappa shape index (κ1) is 40.4. The molecule has 53 heavy (non-hydrogen) atoms. The second kappa shape index (κ2) is 16.7. The summed E-state index contributed by atoms with van der Waals surface area (Å²) >= 11 is 3.78. The molecule has 10 nitrogen and oxygen atoms in total. The SMILES string of the molecule is C=CCCC(=O)N(C)[C@@H](C)[C@@H](OC(=O)[C@@H]1[C@H]2O[C@@]3(CC2Br)[C@H](C(=O)N(CC=C)c2c(C)cccc2C)N([C@@H](CO)[C@@H](C)CC)C(=O)[C@@H]13)c1ccccc1. The summed E-state index contributed by atoms with van der Waals surface area (Å²) in [6, 6.07) is 12.7. The van der Waals surface area contributed by atoms with E-state index in [9.17, 15) is 14.7 Å². The number of likely N-dealkylation sites (N-methyl/N-ethyl adjacent to an activating group) is 1. The molecular weight excluding hydrogens is 738 g/mol. The van der Waals surface area contributed by atoms with Crippen molar-refractivity contribution in [3.05, 3.63) is 90.5 Å². The summed E-state index contributed by atoms with van der Waals surface area (Å²) in [5.41, 5.74) is 1.81. The van der Waals surface area contributed by atoms with E-state index in [1.165, 1.54) is 4.90 Å². The molecule has 0 radical (unpaired) electrons. The lowest BCUT2D eigenvalue weighted by Crippen LogP contribution is -2.60. The van der Waals surface area contributed by atoms with Gasteiger partial charge in [0.1, 0.15) is 17.7 Å². The number of carbonyl (C=O) groups excluding carboxylic acids is 4. The van der Waals surface area contributed by atoms with E-state index in [1.54, 1.807) is 29.0 Å². The van der Waals surface area contributed by atoms with Crippen molar-refractivity contribution in [2.75, 3.05) is 25.1 Å². The van der Waals surface area contributed by atoms with Crippen LogP contribution in [0, 0.1) is 31.6 Å². The Morgan fingerprint density at radius 2 is 1.75 bits per heavy atom. The van der Waals surface area contributed by atoms with E-state index >= 15 is 9.59 Å². The number of alkyl halides is 1. The van der Waals surface area contributed by atoms with Gasteiger partial charge in [-0.3, -0.25) is 19.2 Å². The number of aryl methyl sites for hydroxylation is 2. The largest absolute Gasteiger partial charge is 0.455 e. The Labute approximate surface area is 322 Å². The molecule has 286 valence electrons. The minimum absolute atomic E-state index is 0.117. The molecule has 0 saturated carbocycles. The average molecular weight is 793 g/mol. The van der Waals surface area contributed by atoms with E-state index in [1.807, 2.05) is 83.1 Å². The van der Waals surface area contributed by atoms with Gasteiger partial charge in [-0.2, -0.15) is 0 Å². The number of benzene rings is 2. The third-order valence-corrected chi connectivity index (χ3v) is 12.6. The molecule has 11 heteroatoms. The smallest absolute Gasteiger partial charge is 0.313 e. The maximum atomic E-state index is 15.2. The predicted molar refractivity (Wildman–Crippen MR) is 208 cm³/mol. The Hall–Kier alpha value is -3.80. The fraction of sp³-hybridized carbons (Fsp3) is 0.524. The molecule has 0 aromatic heterocycles. The normalized spacial score (nSPS) is 26.7. The van der Waals surface area contributed by atoms with Crippen molar-refractivity contribution in [1.82, 2.24) is 9.80 Å². The van der Waals surface area contributed by atoms with Crippen LogP contribution in [0.2, 0.25) is 0 Å². The predicted octanol–water partition coefficient (Wildman–Crippen LogP) is 6.08. The number of allylic oxidation sites excluding steroid dienone is 1. The van der Waals surface area contributed by atoms with Gasteiger partial charge < -0.3 is 29.3 Å². The maximum Gasteiger partial charge on any atom is 0.313 e. The van der Waals surface area contributed by atoms with Gasteiger partial charge in [-0.05, 0) is 56.2 Å². The van der Waals surface area contributed by atoms with Crippen LogP contribution in [-0.2, 0) is 28.7 Å². The molecular formula is C42H54BrN3O7. The summed E-state index contributed by atoms with van der Waals surface area (Å²) in [6.07, 6.45) is 3.46. The number of likely N-dealkylation sites (tertiary alicyclic amines) is 1. The topological polar surface area (TPSA) is 117 Å². The van der Waals surface area contributed by atoms with Crippen molar-refractivity contribution < 1.29 is 33.8 Å². The van der Waals surface area contributed by atoms with E-state index in [0.29, 0.717) is 24.8 Å². The minimum Gasteiger partial charge on any atom is -0.455 e. The molecule has 1 unspecified atom stereocenters. The number of amides is 3. The van der Waals surface area contributed by atoms with Gasteiger partial charge in [-0.1, -0.05) is 96.9 Å². The first-order valence-corrected chi connectivity index (χ1v) is 19.6. The van der Waals surface area contributed by atoms with Crippen LogP contribution in [-0.4, -0.2) is 93.5 Å². The van der Waals surface area contributed by atoms with E-state index in [4.69, 9.17) is 9.47 Å². The number of hydrogen-bond acceptors (Lipinski definition) is 7. The van der Waals surface area contributed by atoms with Crippen LogP contribution < -0.4 is 4.90 Å². The highest BCUT2D eigenvalue weighted by molar-refractivity contribution is 9.09. The summed E-state index contributed by atoms with van der Waals surface area (Å²) < 4.78 is 13.2. The van der Waals surface area contributed by atoms with Gasteiger partial charge in [0.25, 0.3) is 5.91 Å². The van der Waals surface area contributed by atoms with E-state index in [2.05, 4.69) is 29.1 Å². The molecule has 2 aromatic rings. The fourth-order valence-corrected chi connectivity index (χ4v) is 9.65. The molecule has 10 atom stereocenters. The Bertz CT molecular complexity index is 1680. The third kappa shape index (κ3) is 7.24. The quantitative estimate of drug-likeness (QED) is 0.125. The molecule has 0 aliphatic carbocycles. The molecule has 3 amide bonds. The number of nitrogens with zero attached hydrogens (tertiary/aromatic N) is 3. The number of halogens is 1. The van der Waals surface area contributed by atoms with Crippen molar-refractivity contribution in [2.24, 2.45) is 17.8 Å². The van der Waals surface area contributed by atoms with E-state index in [-0.39, 0.29) is 42.1 Å². The fourth-order valence-electron chi connectivity index (χ4n) is 8.71. The highest BCUT2D eigenvalue weighted by Gasteiger charge is 2.78. The van der Waals surface area contributed by atoms with Gasteiger partial charge in [-0.15, -0.1) is 13.2 Å². The second-order valence-corrected chi connectivity index (χ2v) is 16.0. The highest BCUT2D eigenvalue weighted by atomic mass is 79.9. The van der Waals surface area contributed by atoms with Gasteiger partial charge in [-0.25, -0.2) is 0 Å². The number of aliphatic hydroxyl groups excluding tert-OH is 1. The lowest BCUT2D eigenvalue weighted by atomic mass is 9.70. The molecule has 3 saturated heterocycles. The van der Waals surface area contributed by atoms with Crippen LogP contribution in [0.15, 0.2) is 73.8 Å². The first-order valence-electron chi connectivity index (χ1n) is 18.6. The average Bonchev–Trinajstić information content (AvgIpc) is 3.75. The number of fused-ring (bicyclic) bond motifs is 1. The van der Waals surface area contributed by atoms with Crippen LogP contribution in [0.3, 0.4) is 0 Å².